The first kappa shape index (κ1) is 21.5. The second-order valence-electron chi connectivity index (χ2n) is 13.7. The average Bonchev–Trinajstić information content (AvgIpc) is 3.46. The van der Waals surface area contributed by atoms with Gasteiger partial charge in [0.2, 0.25) is 0 Å². The third kappa shape index (κ3) is 2.36. The van der Waals surface area contributed by atoms with Crippen molar-refractivity contribution in [1.29, 1.82) is 0 Å². The highest BCUT2D eigenvalue weighted by atomic mass is 14.6. The van der Waals surface area contributed by atoms with Gasteiger partial charge in [0.25, 0.3) is 0 Å². The third-order valence-electron chi connectivity index (χ3n) is 11.7. The molecule has 4 atom stereocenters. The molecule has 0 radical (unpaired) electrons. The summed E-state index contributed by atoms with van der Waals surface area (Å²) in [5, 5.41) is 5.94. The van der Waals surface area contributed by atoms with Gasteiger partial charge in [-0.25, -0.2) is 0 Å². The molecular formula is C38H34. The van der Waals surface area contributed by atoms with Crippen LogP contribution >= 0.6 is 0 Å². The zero-order valence-electron chi connectivity index (χ0n) is 22.8. The Morgan fingerprint density at radius 2 is 1.11 bits per heavy atom. The van der Waals surface area contributed by atoms with Crippen LogP contribution in [0.25, 0.3) is 43.8 Å². The molecule has 9 rings (SSSR count). The zero-order valence-corrected chi connectivity index (χ0v) is 22.8. The fourth-order valence-corrected chi connectivity index (χ4v) is 9.92. The van der Waals surface area contributed by atoms with E-state index in [0.717, 1.165) is 0 Å². The van der Waals surface area contributed by atoms with Crippen LogP contribution < -0.4 is 0 Å². The Balaban J connectivity index is 1.27. The molecule has 0 aliphatic heterocycles. The topological polar surface area (TPSA) is 0 Å². The predicted molar refractivity (Wildman–Crippen MR) is 160 cm³/mol. The quantitative estimate of drug-likeness (QED) is 0.199. The number of benzene rings is 5. The van der Waals surface area contributed by atoms with Crippen LogP contribution in [-0.4, -0.2) is 0 Å². The number of rotatable bonds is 0. The largest absolute Gasteiger partial charge is 0.0616 e. The molecule has 4 aliphatic carbocycles. The lowest BCUT2D eigenvalue weighted by molar-refractivity contribution is 0.134. The Morgan fingerprint density at radius 1 is 0.526 bits per heavy atom. The maximum atomic E-state index is 2.62. The van der Waals surface area contributed by atoms with Gasteiger partial charge >= 0.3 is 0 Å². The number of hydrogen-bond acceptors (Lipinski definition) is 0. The predicted octanol–water partition coefficient (Wildman–Crippen LogP) is 10.1. The highest BCUT2D eigenvalue weighted by Gasteiger charge is 2.58. The van der Waals surface area contributed by atoms with E-state index in [1.807, 2.05) is 0 Å². The standard InChI is InChI=1S/C38H34/c1-37(2)30-17-16-21-10-5-6-11-22(21)35(30)28-19-32-29(20-31(28)37)36-26-15-9-14-25-23-12-7-8-13-24(23)27(34(25)26)18-33(36)38(32,3)4/h5-18,28-29,31-32H,19-20H2,1-4H3. The minimum Gasteiger partial charge on any atom is -0.0616 e. The van der Waals surface area contributed by atoms with Crippen LogP contribution in [0, 0.1) is 11.8 Å². The Hall–Kier alpha value is -3.38. The Morgan fingerprint density at radius 3 is 1.87 bits per heavy atom. The highest BCUT2D eigenvalue weighted by Crippen LogP contribution is 2.68. The summed E-state index contributed by atoms with van der Waals surface area (Å²) in [5.41, 5.74) is 12.7. The maximum absolute atomic E-state index is 2.62. The van der Waals surface area contributed by atoms with Crippen molar-refractivity contribution in [3.05, 3.63) is 107 Å². The smallest absolute Gasteiger partial charge is 0.00233 e. The summed E-state index contributed by atoms with van der Waals surface area (Å²) in [4.78, 5) is 0. The third-order valence-corrected chi connectivity index (χ3v) is 11.7. The van der Waals surface area contributed by atoms with Crippen molar-refractivity contribution >= 4 is 21.5 Å². The molecule has 0 bridgehead atoms. The molecule has 0 heterocycles. The lowest BCUT2D eigenvalue weighted by Gasteiger charge is -2.44. The van der Waals surface area contributed by atoms with Crippen molar-refractivity contribution in [2.75, 3.05) is 0 Å². The first-order chi connectivity index (χ1) is 18.4. The molecule has 0 amide bonds. The van der Waals surface area contributed by atoms with Gasteiger partial charge in [0.15, 0.2) is 0 Å². The molecule has 1 saturated carbocycles. The van der Waals surface area contributed by atoms with E-state index in [0.29, 0.717) is 23.7 Å². The zero-order chi connectivity index (χ0) is 25.6. The lowest BCUT2D eigenvalue weighted by Crippen LogP contribution is -2.37. The minimum absolute atomic E-state index is 0.167. The molecule has 0 heteroatoms. The second-order valence-corrected chi connectivity index (χ2v) is 13.7. The van der Waals surface area contributed by atoms with Crippen molar-refractivity contribution in [2.24, 2.45) is 11.8 Å². The van der Waals surface area contributed by atoms with Gasteiger partial charge in [-0.1, -0.05) is 107 Å². The van der Waals surface area contributed by atoms with Crippen molar-refractivity contribution in [3.63, 3.8) is 0 Å². The molecule has 0 aromatic heterocycles. The fourth-order valence-electron chi connectivity index (χ4n) is 9.92. The van der Waals surface area contributed by atoms with Gasteiger partial charge in [-0.2, -0.15) is 0 Å². The number of hydrogen-bond donors (Lipinski definition) is 0. The van der Waals surface area contributed by atoms with E-state index in [4.69, 9.17) is 0 Å². The molecule has 38 heavy (non-hydrogen) atoms. The van der Waals surface area contributed by atoms with Crippen LogP contribution in [0.1, 0.15) is 74.6 Å². The molecule has 0 saturated heterocycles. The summed E-state index contributed by atoms with van der Waals surface area (Å²) < 4.78 is 0. The second kappa shape index (κ2) is 6.78. The van der Waals surface area contributed by atoms with Crippen LogP contribution in [0.5, 0.6) is 0 Å². The van der Waals surface area contributed by atoms with E-state index in [1.165, 1.54) is 56.6 Å². The Kier molecular flexibility index (Phi) is 3.85. The van der Waals surface area contributed by atoms with Crippen LogP contribution in [0.15, 0.2) is 84.9 Å². The molecule has 1 fully saturated rings. The van der Waals surface area contributed by atoms with Crippen molar-refractivity contribution in [3.8, 4) is 22.3 Å². The van der Waals surface area contributed by atoms with E-state index in [2.05, 4.69) is 113 Å². The van der Waals surface area contributed by atoms with E-state index in [1.54, 1.807) is 22.3 Å². The highest BCUT2D eigenvalue weighted by molar-refractivity contribution is 6.16. The molecule has 5 aromatic rings. The van der Waals surface area contributed by atoms with E-state index in [-0.39, 0.29) is 10.8 Å². The lowest BCUT2D eigenvalue weighted by atomic mass is 9.59. The summed E-state index contributed by atoms with van der Waals surface area (Å²) in [7, 11) is 0. The minimum atomic E-state index is 0.167. The Bertz CT molecular complexity index is 1850. The molecule has 0 nitrogen and oxygen atoms in total. The van der Waals surface area contributed by atoms with Crippen molar-refractivity contribution < 1.29 is 0 Å². The van der Waals surface area contributed by atoms with Gasteiger partial charge < -0.3 is 0 Å². The van der Waals surface area contributed by atoms with Gasteiger partial charge in [0, 0.05) is 0 Å². The monoisotopic (exact) mass is 490 g/mol. The van der Waals surface area contributed by atoms with Crippen LogP contribution in [0.3, 0.4) is 0 Å². The molecule has 186 valence electrons. The Labute approximate surface area is 225 Å². The van der Waals surface area contributed by atoms with Crippen LogP contribution in [-0.2, 0) is 10.8 Å². The molecule has 4 aliphatic rings. The molecular weight excluding hydrogens is 456 g/mol. The van der Waals surface area contributed by atoms with Gasteiger partial charge in [-0.15, -0.1) is 0 Å². The first-order valence-corrected chi connectivity index (χ1v) is 14.6. The van der Waals surface area contributed by atoms with Crippen molar-refractivity contribution in [2.45, 2.75) is 63.2 Å². The summed E-state index contributed by atoms with van der Waals surface area (Å²) in [6.07, 6.45) is 2.60. The van der Waals surface area contributed by atoms with E-state index >= 15 is 0 Å². The first-order valence-electron chi connectivity index (χ1n) is 14.6. The fraction of sp³-hybridized carbons (Fsp3) is 0.316. The molecule has 5 aromatic carbocycles. The molecule has 0 N–H and O–H groups in total. The van der Waals surface area contributed by atoms with Crippen LogP contribution in [0.2, 0.25) is 0 Å². The SMILES string of the molecule is CC1(C)c2ccc3ccccc3c2C2CC3C(CC21)c1c(cc2c4c(cccc14)-c1ccccc1-2)C3(C)C. The van der Waals surface area contributed by atoms with E-state index < -0.39 is 0 Å². The van der Waals surface area contributed by atoms with Gasteiger partial charge in [-0.3, -0.25) is 0 Å². The van der Waals surface area contributed by atoms with E-state index in [9.17, 15) is 0 Å². The summed E-state index contributed by atoms with van der Waals surface area (Å²) >= 11 is 0. The van der Waals surface area contributed by atoms with Gasteiger partial charge in [-0.05, 0) is 119 Å². The van der Waals surface area contributed by atoms with Crippen LogP contribution in [0.4, 0.5) is 0 Å². The van der Waals surface area contributed by atoms with Gasteiger partial charge in [0.05, 0.1) is 0 Å². The molecule has 4 unspecified atom stereocenters. The normalized spacial score (nSPS) is 26.6. The van der Waals surface area contributed by atoms with Gasteiger partial charge in [0.1, 0.15) is 0 Å². The van der Waals surface area contributed by atoms with Crippen molar-refractivity contribution in [1.82, 2.24) is 0 Å². The maximum Gasteiger partial charge on any atom is -0.00233 e. The molecule has 0 spiro atoms. The number of fused-ring (bicyclic) bond motifs is 12. The summed E-state index contributed by atoms with van der Waals surface area (Å²) in [6, 6.07) is 32.8. The average molecular weight is 491 g/mol. The summed E-state index contributed by atoms with van der Waals surface area (Å²) in [6.45, 7) is 10.2. The summed E-state index contributed by atoms with van der Waals surface area (Å²) in [5.74, 6) is 2.65.